The monoisotopic (exact) mass is 168 g/mol. The van der Waals surface area contributed by atoms with Crippen LogP contribution in [0.1, 0.15) is 13.8 Å². The highest BCUT2D eigenvalue weighted by atomic mass is 16.6. The minimum Gasteiger partial charge on any atom is -0.364 e. The van der Waals surface area contributed by atoms with E-state index in [1.54, 1.807) is 0 Å². The minimum absolute atomic E-state index is 0.0590. The topological polar surface area (TPSA) is 35.5 Å². The molecular formula is C9H12O3. The van der Waals surface area contributed by atoms with Gasteiger partial charge in [0.05, 0.1) is 12.2 Å². The molecule has 0 aromatic carbocycles. The fourth-order valence-electron chi connectivity index (χ4n) is 2.81. The Hall–Kier alpha value is -0.410. The molecule has 4 saturated heterocycles. The van der Waals surface area contributed by atoms with Gasteiger partial charge in [0.1, 0.15) is 12.2 Å². The zero-order valence-corrected chi connectivity index (χ0v) is 7.19. The average molecular weight is 168 g/mol. The molecule has 0 aromatic heterocycles. The van der Waals surface area contributed by atoms with Gasteiger partial charge in [-0.25, -0.2) is 0 Å². The van der Waals surface area contributed by atoms with Crippen molar-refractivity contribution in [3.05, 3.63) is 0 Å². The molecule has 4 bridgehead atoms. The number of hydrogen-bond acceptors (Lipinski definition) is 3. The molecule has 3 heteroatoms. The molecular weight excluding hydrogens is 156 g/mol. The molecule has 0 aromatic rings. The largest absolute Gasteiger partial charge is 0.364 e. The van der Waals surface area contributed by atoms with Crippen molar-refractivity contribution in [3.8, 4) is 0 Å². The smallest absolute Gasteiger partial charge is 0.193 e. The Morgan fingerprint density at radius 3 is 2.33 bits per heavy atom. The van der Waals surface area contributed by atoms with Crippen molar-refractivity contribution >= 4 is 5.78 Å². The predicted molar refractivity (Wildman–Crippen MR) is 40.7 cm³/mol. The van der Waals surface area contributed by atoms with Crippen LogP contribution in [0.4, 0.5) is 0 Å². The molecule has 4 rings (SSSR count). The first kappa shape index (κ1) is 7.04. The van der Waals surface area contributed by atoms with Crippen LogP contribution in [0.25, 0.3) is 0 Å². The third kappa shape index (κ3) is 0.559. The Bertz CT molecular complexity index is 244. The lowest BCUT2D eigenvalue weighted by molar-refractivity contribution is -0.151. The molecule has 3 nitrogen and oxygen atoms in total. The van der Waals surface area contributed by atoms with Crippen molar-refractivity contribution in [2.75, 3.05) is 0 Å². The van der Waals surface area contributed by atoms with Crippen LogP contribution in [0, 0.1) is 11.8 Å². The predicted octanol–water partition coefficient (Wildman–Crippen LogP) is 0.376. The van der Waals surface area contributed by atoms with Crippen molar-refractivity contribution in [2.45, 2.75) is 38.3 Å². The van der Waals surface area contributed by atoms with Gasteiger partial charge in [-0.2, -0.15) is 0 Å². The maximum absolute atomic E-state index is 11.5. The Kier molecular flexibility index (Phi) is 1.12. The van der Waals surface area contributed by atoms with E-state index in [4.69, 9.17) is 9.47 Å². The number of carbonyl (C=O) groups excluding carboxylic acids is 1. The van der Waals surface area contributed by atoms with E-state index in [9.17, 15) is 4.79 Å². The van der Waals surface area contributed by atoms with Gasteiger partial charge in [-0.1, -0.05) is 13.8 Å². The molecule has 6 atom stereocenters. The molecule has 0 spiro atoms. The Balaban J connectivity index is 2.06. The van der Waals surface area contributed by atoms with Gasteiger partial charge in [0.2, 0.25) is 0 Å². The molecule has 66 valence electrons. The summed E-state index contributed by atoms with van der Waals surface area (Å²) in [5, 5.41) is 0. The van der Waals surface area contributed by atoms with E-state index in [0.717, 1.165) is 0 Å². The molecule has 4 aliphatic rings. The van der Waals surface area contributed by atoms with Crippen LogP contribution in [0.5, 0.6) is 0 Å². The highest BCUT2D eigenvalue weighted by Crippen LogP contribution is 2.47. The Morgan fingerprint density at radius 2 is 1.67 bits per heavy atom. The van der Waals surface area contributed by atoms with Crippen LogP contribution in [0.2, 0.25) is 0 Å². The summed E-state index contributed by atoms with van der Waals surface area (Å²) in [6.07, 6.45) is -0.0682. The highest BCUT2D eigenvalue weighted by molar-refractivity contribution is 5.91. The molecule has 4 aliphatic heterocycles. The molecule has 4 fully saturated rings. The SMILES string of the molecule is C[C@H]1[C@@H]2O[C@H]3C(=O)[C@H](O[C@H]13)[C@H]2C. The third-order valence-corrected chi connectivity index (χ3v) is 3.50. The summed E-state index contributed by atoms with van der Waals surface area (Å²) in [6, 6.07) is 0. The van der Waals surface area contributed by atoms with Crippen LogP contribution in [0.3, 0.4) is 0 Å². The molecule has 0 saturated carbocycles. The standard InChI is InChI=1S/C9H12O3/c1-3-6-4(2)8-9(11-6)5(10)7(3)12-8/h3-4,6-9H,1-2H3/t3-,4-,6+,7+,8+,9-/m0/s1. The highest BCUT2D eigenvalue weighted by Gasteiger charge is 2.63. The summed E-state index contributed by atoms with van der Waals surface area (Å²) in [7, 11) is 0. The van der Waals surface area contributed by atoms with E-state index in [1.165, 1.54) is 0 Å². The van der Waals surface area contributed by atoms with Gasteiger partial charge < -0.3 is 9.47 Å². The van der Waals surface area contributed by atoms with Gasteiger partial charge in [-0.15, -0.1) is 0 Å². The molecule has 0 radical (unpaired) electrons. The maximum Gasteiger partial charge on any atom is 0.193 e. The summed E-state index contributed by atoms with van der Waals surface area (Å²) in [4.78, 5) is 11.5. The third-order valence-electron chi connectivity index (χ3n) is 3.50. The summed E-state index contributed by atoms with van der Waals surface area (Å²) in [5.74, 6) is 0.822. The van der Waals surface area contributed by atoms with Crippen molar-refractivity contribution < 1.29 is 14.3 Å². The second-order valence-electron chi connectivity index (χ2n) is 4.16. The number of carbonyl (C=O) groups is 1. The molecule has 12 heavy (non-hydrogen) atoms. The Labute approximate surface area is 71.0 Å². The van der Waals surface area contributed by atoms with Crippen molar-refractivity contribution in [1.29, 1.82) is 0 Å². The quantitative estimate of drug-likeness (QED) is 0.524. The zero-order chi connectivity index (χ0) is 8.46. The van der Waals surface area contributed by atoms with Gasteiger partial charge in [-0.3, -0.25) is 4.79 Å². The minimum atomic E-state index is -0.230. The first-order chi connectivity index (χ1) is 5.70. The summed E-state index contributed by atoms with van der Waals surface area (Å²) < 4.78 is 11.2. The van der Waals surface area contributed by atoms with Gasteiger partial charge in [-0.05, 0) is 0 Å². The number of rotatable bonds is 0. The van der Waals surface area contributed by atoms with Crippen LogP contribution in [-0.4, -0.2) is 30.2 Å². The van der Waals surface area contributed by atoms with Crippen LogP contribution >= 0.6 is 0 Å². The first-order valence-corrected chi connectivity index (χ1v) is 4.55. The van der Waals surface area contributed by atoms with Crippen LogP contribution in [0.15, 0.2) is 0 Å². The summed E-state index contributed by atoms with van der Waals surface area (Å²) in [6.45, 7) is 4.15. The summed E-state index contributed by atoms with van der Waals surface area (Å²) in [5.41, 5.74) is 0. The average Bonchev–Trinajstić information content (AvgIpc) is 2.43. The molecule has 4 heterocycles. The van der Waals surface area contributed by atoms with Crippen molar-refractivity contribution in [3.63, 3.8) is 0 Å². The fraction of sp³-hybridized carbons (Fsp3) is 0.889. The lowest BCUT2D eigenvalue weighted by Crippen LogP contribution is -2.45. The molecule has 0 N–H and O–H groups in total. The molecule has 0 unspecified atom stereocenters. The van der Waals surface area contributed by atoms with E-state index >= 15 is 0 Å². The molecule has 0 amide bonds. The van der Waals surface area contributed by atoms with E-state index in [2.05, 4.69) is 6.92 Å². The van der Waals surface area contributed by atoms with Gasteiger partial charge in [0.15, 0.2) is 5.78 Å². The zero-order valence-electron chi connectivity index (χ0n) is 7.19. The lowest BCUT2D eigenvalue weighted by atomic mass is 9.87. The van der Waals surface area contributed by atoms with Crippen LogP contribution in [-0.2, 0) is 14.3 Å². The van der Waals surface area contributed by atoms with Gasteiger partial charge in [0, 0.05) is 11.8 Å². The van der Waals surface area contributed by atoms with E-state index in [-0.39, 0.29) is 36.1 Å². The number of ether oxygens (including phenoxy) is 2. The maximum atomic E-state index is 11.5. The summed E-state index contributed by atoms with van der Waals surface area (Å²) >= 11 is 0. The Morgan fingerprint density at radius 1 is 1.00 bits per heavy atom. The van der Waals surface area contributed by atoms with Crippen molar-refractivity contribution in [2.24, 2.45) is 11.8 Å². The normalized spacial score (nSPS) is 61.7. The van der Waals surface area contributed by atoms with Crippen LogP contribution < -0.4 is 0 Å². The fourth-order valence-corrected chi connectivity index (χ4v) is 2.81. The van der Waals surface area contributed by atoms with E-state index in [1.807, 2.05) is 6.92 Å². The second kappa shape index (κ2) is 1.91. The van der Waals surface area contributed by atoms with Gasteiger partial charge >= 0.3 is 0 Å². The molecule has 0 aliphatic carbocycles. The number of hydrogen-bond donors (Lipinski definition) is 0. The second-order valence-corrected chi connectivity index (χ2v) is 4.16. The number of ketones is 1. The van der Waals surface area contributed by atoms with E-state index < -0.39 is 0 Å². The number of Topliss-reactive ketones (excluding diaryl/α,β-unsaturated/α-hetero) is 1. The van der Waals surface area contributed by atoms with Gasteiger partial charge in [0.25, 0.3) is 0 Å². The lowest BCUT2D eigenvalue weighted by Gasteiger charge is -2.34. The van der Waals surface area contributed by atoms with E-state index in [0.29, 0.717) is 5.92 Å². The first-order valence-electron chi connectivity index (χ1n) is 4.55. The van der Waals surface area contributed by atoms with Crippen molar-refractivity contribution in [1.82, 2.24) is 0 Å².